The first kappa shape index (κ1) is 21.6. The number of ketones is 2. The summed E-state index contributed by atoms with van der Waals surface area (Å²) < 4.78 is 7.18. The third-order valence-electron chi connectivity index (χ3n) is 6.80. The Bertz CT molecular complexity index is 1370. The molecule has 0 N–H and O–H groups in total. The molecule has 3 aliphatic rings. The van der Waals surface area contributed by atoms with Gasteiger partial charge in [0, 0.05) is 19.7 Å². The van der Waals surface area contributed by atoms with Crippen LogP contribution in [-0.2, 0) is 14.3 Å². The molecule has 3 atom stereocenters. The van der Waals surface area contributed by atoms with Gasteiger partial charge in [0.1, 0.15) is 0 Å². The van der Waals surface area contributed by atoms with Gasteiger partial charge in [-0.1, -0.05) is 48.0 Å². The monoisotopic (exact) mass is 583 g/mol. The van der Waals surface area contributed by atoms with E-state index in [9.17, 15) is 19.2 Å². The molecule has 8 heteroatoms. The average molecular weight is 584 g/mol. The van der Waals surface area contributed by atoms with Crippen LogP contribution in [-0.4, -0.2) is 29.0 Å². The molecule has 0 saturated carbocycles. The van der Waals surface area contributed by atoms with Crippen LogP contribution in [0.15, 0.2) is 72.8 Å². The zero-order chi connectivity index (χ0) is 23.8. The zero-order valence-corrected chi connectivity index (χ0v) is 20.3. The standard InChI is InChI=1S/C26H15ClINO5/c27-14-7-5-13(6-8-14)21-19-20(25(33)29(24(19)32)16-11-9-15(28)10-12-16)26(34-21)22(30)17-3-1-2-4-18(17)23(26)31/h1-12,19-21H. The Morgan fingerprint density at radius 1 is 0.794 bits per heavy atom. The van der Waals surface area contributed by atoms with E-state index in [1.807, 2.05) is 0 Å². The molecule has 6 nitrogen and oxygen atoms in total. The minimum Gasteiger partial charge on any atom is -0.349 e. The van der Waals surface area contributed by atoms with Crippen molar-refractivity contribution in [3.8, 4) is 0 Å². The molecule has 1 spiro atoms. The van der Waals surface area contributed by atoms with Gasteiger partial charge in [0.2, 0.25) is 29.0 Å². The molecule has 168 valence electrons. The largest absolute Gasteiger partial charge is 0.349 e. The molecule has 2 fully saturated rings. The van der Waals surface area contributed by atoms with Crippen LogP contribution >= 0.6 is 34.2 Å². The van der Waals surface area contributed by atoms with Gasteiger partial charge in [-0.15, -0.1) is 0 Å². The van der Waals surface area contributed by atoms with Crippen molar-refractivity contribution in [3.63, 3.8) is 0 Å². The minimum absolute atomic E-state index is 0.205. The van der Waals surface area contributed by atoms with E-state index < -0.39 is 46.9 Å². The van der Waals surface area contributed by atoms with Crippen LogP contribution in [0.2, 0.25) is 5.02 Å². The van der Waals surface area contributed by atoms with Crippen LogP contribution in [0.4, 0.5) is 5.69 Å². The highest BCUT2D eigenvalue weighted by Crippen LogP contribution is 2.57. The number of rotatable bonds is 2. The first-order valence-electron chi connectivity index (χ1n) is 10.6. The van der Waals surface area contributed by atoms with Gasteiger partial charge in [-0.25, -0.2) is 4.90 Å². The van der Waals surface area contributed by atoms with E-state index in [1.54, 1.807) is 72.8 Å². The number of Topliss-reactive ketones (excluding diaryl/α,β-unsaturated/α-hetero) is 2. The van der Waals surface area contributed by atoms with Gasteiger partial charge in [-0.3, -0.25) is 19.2 Å². The molecular formula is C26H15ClINO5. The average Bonchev–Trinajstić information content (AvgIpc) is 3.40. The lowest BCUT2D eigenvalue weighted by molar-refractivity contribution is -0.127. The molecule has 0 aromatic heterocycles. The van der Waals surface area contributed by atoms with Crippen molar-refractivity contribution in [1.82, 2.24) is 0 Å². The van der Waals surface area contributed by atoms with Crippen molar-refractivity contribution in [2.45, 2.75) is 11.7 Å². The Labute approximate surface area is 213 Å². The number of carbonyl (C=O) groups excluding carboxylic acids is 4. The number of nitrogens with zero attached hydrogens (tertiary/aromatic N) is 1. The molecule has 3 unspecified atom stereocenters. The lowest BCUT2D eigenvalue weighted by Gasteiger charge is -2.27. The molecule has 3 aromatic rings. The summed E-state index contributed by atoms with van der Waals surface area (Å²) in [6.07, 6.45) is -0.963. The summed E-state index contributed by atoms with van der Waals surface area (Å²) in [4.78, 5) is 56.0. The van der Waals surface area contributed by atoms with E-state index in [0.717, 1.165) is 8.47 Å². The molecule has 3 aromatic carbocycles. The van der Waals surface area contributed by atoms with Crippen LogP contribution < -0.4 is 4.90 Å². The lowest BCUT2D eigenvalue weighted by atomic mass is 9.77. The number of amides is 2. The van der Waals surface area contributed by atoms with Gasteiger partial charge in [-0.05, 0) is 64.6 Å². The quantitative estimate of drug-likeness (QED) is 0.250. The van der Waals surface area contributed by atoms with E-state index >= 15 is 0 Å². The van der Waals surface area contributed by atoms with Gasteiger partial charge >= 0.3 is 0 Å². The molecule has 6 rings (SSSR count). The van der Waals surface area contributed by atoms with Gasteiger partial charge in [0.25, 0.3) is 0 Å². The van der Waals surface area contributed by atoms with E-state index in [1.165, 1.54) is 0 Å². The van der Waals surface area contributed by atoms with Crippen molar-refractivity contribution in [2.24, 2.45) is 11.8 Å². The van der Waals surface area contributed by atoms with E-state index in [2.05, 4.69) is 22.6 Å². The van der Waals surface area contributed by atoms with Crippen molar-refractivity contribution < 1.29 is 23.9 Å². The van der Waals surface area contributed by atoms with E-state index in [0.29, 0.717) is 16.3 Å². The third-order valence-corrected chi connectivity index (χ3v) is 7.77. The smallest absolute Gasteiger partial charge is 0.241 e. The van der Waals surface area contributed by atoms with E-state index in [-0.39, 0.29) is 11.1 Å². The molecule has 2 saturated heterocycles. The first-order chi connectivity index (χ1) is 16.3. The summed E-state index contributed by atoms with van der Waals surface area (Å²) in [7, 11) is 0. The first-order valence-corrected chi connectivity index (χ1v) is 12.1. The van der Waals surface area contributed by atoms with Crippen LogP contribution in [0.5, 0.6) is 0 Å². The summed E-state index contributed by atoms with van der Waals surface area (Å²) in [6.45, 7) is 0. The SMILES string of the molecule is O=C1C2C(c3ccc(Cl)cc3)OC3(C(=O)c4ccccc4C3=O)C2C(=O)N1c1ccc(I)cc1. The van der Waals surface area contributed by atoms with Gasteiger partial charge in [-0.2, -0.15) is 0 Å². The number of hydrogen-bond acceptors (Lipinski definition) is 5. The fourth-order valence-corrected chi connectivity index (χ4v) is 5.80. The maximum atomic E-state index is 13.8. The number of halogens is 2. The fraction of sp³-hybridized carbons (Fsp3) is 0.154. The maximum Gasteiger partial charge on any atom is 0.241 e. The second-order valence-corrected chi connectivity index (χ2v) is 10.2. The van der Waals surface area contributed by atoms with Crippen LogP contribution in [0.3, 0.4) is 0 Å². The second kappa shape index (κ2) is 7.56. The summed E-state index contributed by atoms with van der Waals surface area (Å²) >= 11 is 8.18. The number of ether oxygens (including phenoxy) is 1. The molecule has 34 heavy (non-hydrogen) atoms. The normalized spacial score (nSPS) is 24.8. The maximum absolute atomic E-state index is 13.8. The highest BCUT2D eigenvalue weighted by atomic mass is 127. The van der Waals surface area contributed by atoms with Crippen LogP contribution in [0, 0.1) is 15.4 Å². The molecule has 2 aliphatic heterocycles. The van der Waals surface area contributed by atoms with Crippen molar-refractivity contribution >= 4 is 63.3 Å². The fourth-order valence-electron chi connectivity index (χ4n) is 5.32. The Morgan fingerprint density at radius 3 is 1.97 bits per heavy atom. The highest BCUT2D eigenvalue weighted by Gasteiger charge is 2.74. The van der Waals surface area contributed by atoms with Crippen LogP contribution in [0.1, 0.15) is 32.4 Å². The molecular weight excluding hydrogens is 569 g/mol. The number of hydrogen-bond donors (Lipinski definition) is 0. The molecule has 0 bridgehead atoms. The number of anilines is 1. The molecule has 0 radical (unpaired) electrons. The van der Waals surface area contributed by atoms with Crippen molar-refractivity contribution in [1.29, 1.82) is 0 Å². The number of carbonyl (C=O) groups is 4. The predicted molar refractivity (Wildman–Crippen MR) is 132 cm³/mol. The summed E-state index contributed by atoms with van der Waals surface area (Å²) in [5.74, 6) is -4.57. The predicted octanol–water partition coefficient (Wildman–Crippen LogP) is 4.64. The van der Waals surface area contributed by atoms with Gasteiger partial charge in [0.15, 0.2) is 0 Å². The Kier molecular flexibility index (Phi) is 4.81. The third kappa shape index (κ3) is 2.77. The van der Waals surface area contributed by atoms with Gasteiger partial charge < -0.3 is 4.74 Å². The zero-order valence-electron chi connectivity index (χ0n) is 17.4. The number of imide groups is 1. The lowest BCUT2D eigenvalue weighted by Crippen LogP contribution is -2.51. The van der Waals surface area contributed by atoms with Gasteiger partial charge in [0.05, 0.1) is 23.6 Å². The molecule has 1 aliphatic carbocycles. The Morgan fingerprint density at radius 2 is 1.38 bits per heavy atom. The highest BCUT2D eigenvalue weighted by molar-refractivity contribution is 14.1. The Balaban J connectivity index is 1.54. The second-order valence-electron chi connectivity index (χ2n) is 8.52. The molecule has 2 amide bonds. The van der Waals surface area contributed by atoms with Crippen molar-refractivity contribution in [3.05, 3.63) is 98.1 Å². The number of fused-ring (bicyclic) bond motifs is 3. The van der Waals surface area contributed by atoms with Crippen LogP contribution in [0.25, 0.3) is 0 Å². The molecule has 2 heterocycles. The summed E-state index contributed by atoms with van der Waals surface area (Å²) in [6, 6.07) is 20.0. The minimum atomic E-state index is -2.08. The topological polar surface area (TPSA) is 80.8 Å². The van der Waals surface area contributed by atoms with E-state index in [4.69, 9.17) is 16.3 Å². The summed E-state index contributed by atoms with van der Waals surface area (Å²) in [5, 5.41) is 0.489. The summed E-state index contributed by atoms with van der Waals surface area (Å²) in [5.41, 5.74) is -0.709. The number of benzene rings is 3. The van der Waals surface area contributed by atoms with Crippen molar-refractivity contribution in [2.75, 3.05) is 4.90 Å². The Hall–Kier alpha value is -2.88.